The number of hydrogen-bond donors (Lipinski definition) is 3. The topological polar surface area (TPSA) is 70.2 Å². The van der Waals surface area contributed by atoms with Crippen LogP contribution in [0.3, 0.4) is 0 Å². The summed E-state index contributed by atoms with van der Waals surface area (Å²) in [6, 6.07) is 8.71. The van der Waals surface area contributed by atoms with Crippen LogP contribution in [0.15, 0.2) is 59.0 Å². The highest BCUT2D eigenvalue weighted by Gasteiger charge is 2.32. The highest BCUT2D eigenvalue weighted by atomic mass is 16.2. The third-order valence-electron chi connectivity index (χ3n) is 4.80. The summed E-state index contributed by atoms with van der Waals surface area (Å²) in [4.78, 5) is 25.0. The van der Waals surface area contributed by atoms with Crippen molar-refractivity contribution in [2.45, 2.75) is 40.2 Å². The molecule has 2 aliphatic rings. The van der Waals surface area contributed by atoms with E-state index in [0.717, 1.165) is 34.0 Å². The zero-order chi connectivity index (χ0) is 18.8. The van der Waals surface area contributed by atoms with Gasteiger partial charge >= 0.3 is 0 Å². The van der Waals surface area contributed by atoms with Crippen molar-refractivity contribution in [3.63, 3.8) is 0 Å². The maximum atomic E-state index is 12.5. The molecule has 0 bridgehead atoms. The lowest BCUT2D eigenvalue weighted by Crippen LogP contribution is -2.39. The molecule has 2 aliphatic heterocycles. The van der Waals surface area contributed by atoms with Crippen LogP contribution in [0.1, 0.15) is 47.2 Å². The average Bonchev–Trinajstić information content (AvgIpc) is 2.58. The van der Waals surface area contributed by atoms with Gasteiger partial charge < -0.3 is 16.0 Å². The van der Waals surface area contributed by atoms with E-state index in [-0.39, 0.29) is 27.1 Å². The van der Waals surface area contributed by atoms with Crippen LogP contribution in [-0.2, 0) is 9.59 Å². The molecule has 0 unspecified atom stereocenters. The van der Waals surface area contributed by atoms with Gasteiger partial charge in [0.2, 0.25) is 11.8 Å². The van der Waals surface area contributed by atoms with Gasteiger partial charge in [-0.2, -0.15) is 0 Å². The van der Waals surface area contributed by atoms with E-state index < -0.39 is 0 Å². The number of hydrogen-bond acceptors (Lipinski definition) is 3. The number of benzene rings is 1. The summed E-state index contributed by atoms with van der Waals surface area (Å²) in [6.45, 7) is 7.82. The molecule has 2 heterocycles. The molecule has 1 aromatic rings. The van der Waals surface area contributed by atoms with E-state index in [4.69, 9.17) is 0 Å². The van der Waals surface area contributed by atoms with Gasteiger partial charge in [0.05, 0.1) is 12.5 Å². The molecule has 26 heavy (non-hydrogen) atoms. The number of allylic oxidation sites excluding steroid dienone is 1. The summed E-state index contributed by atoms with van der Waals surface area (Å²) < 4.78 is 0. The highest BCUT2D eigenvalue weighted by molar-refractivity contribution is 6.03. The van der Waals surface area contributed by atoms with Crippen LogP contribution in [0.4, 0.5) is 0 Å². The largest absolute Gasteiger partial charge is 0.365 e. The summed E-state index contributed by atoms with van der Waals surface area (Å²) in [5.41, 5.74) is 5.48. The molecule has 0 fully saturated rings. The van der Waals surface area contributed by atoms with Crippen molar-refractivity contribution in [3.05, 3.63) is 76.1 Å². The van der Waals surface area contributed by atoms with E-state index in [0.29, 0.717) is 5.57 Å². The Hall–Kier alpha value is -2.82. The van der Waals surface area contributed by atoms with Crippen LogP contribution in [0.25, 0.3) is 0 Å². The molecule has 0 saturated carbocycles. The molecule has 1 aromatic carbocycles. The minimum absolute atomic E-state index is 0. The van der Waals surface area contributed by atoms with E-state index in [1.54, 1.807) is 6.20 Å². The zero-order valence-electron chi connectivity index (χ0n) is 15.6. The van der Waals surface area contributed by atoms with Crippen LogP contribution >= 0.6 is 0 Å². The van der Waals surface area contributed by atoms with Crippen LogP contribution in [0.5, 0.6) is 0 Å². The van der Waals surface area contributed by atoms with Crippen molar-refractivity contribution < 1.29 is 12.4 Å². The first-order chi connectivity index (χ1) is 12.4. The Morgan fingerprint density at radius 1 is 1.27 bits per heavy atom. The number of fused-ring (bicyclic) bond motifs is 1. The fraction of sp³-hybridized carbons (Fsp3) is 0.286. The van der Waals surface area contributed by atoms with Crippen molar-refractivity contribution in [3.8, 4) is 0 Å². The average molecular weight is 354 g/mol. The summed E-state index contributed by atoms with van der Waals surface area (Å²) in [7, 11) is 0. The Morgan fingerprint density at radius 3 is 2.77 bits per heavy atom. The molecule has 0 aromatic heterocycles. The molecule has 3 N–H and O–H groups in total. The van der Waals surface area contributed by atoms with E-state index in [9.17, 15) is 9.59 Å². The van der Waals surface area contributed by atoms with Gasteiger partial charge in [0.15, 0.2) is 0 Å². The smallest absolute Gasteiger partial charge is 0.249 e. The summed E-state index contributed by atoms with van der Waals surface area (Å²) >= 11 is 0. The molecule has 0 saturated heterocycles. The van der Waals surface area contributed by atoms with Crippen LogP contribution < -0.4 is 16.0 Å². The van der Waals surface area contributed by atoms with Gasteiger partial charge in [-0.15, -0.1) is 0 Å². The molecular formula is C21H28N3O2. The van der Waals surface area contributed by atoms with Crippen molar-refractivity contribution in [1.29, 1.82) is 0 Å². The Labute approximate surface area is 157 Å². The second-order valence-corrected chi connectivity index (χ2v) is 6.83. The van der Waals surface area contributed by atoms with Gasteiger partial charge in [-0.25, -0.2) is 0 Å². The van der Waals surface area contributed by atoms with E-state index in [2.05, 4.69) is 22.0 Å². The molecule has 3 rings (SSSR count). The lowest BCUT2D eigenvalue weighted by atomic mass is 9.86. The van der Waals surface area contributed by atoms with E-state index in [1.165, 1.54) is 0 Å². The number of carbonyl (C=O) groups excluding carboxylic acids is 2. The summed E-state index contributed by atoms with van der Waals surface area (Å²) in [5, 5.41) is 9.02. The Morgan fingerprint density at radius 2 is 2.04 bits per heavy atom. The Balaban J connectivity index is 0.00000196. The van der Waals surface area contributed by atoms with Gasteiger partial charge in [0.1, 0.15) is 6.04 Å². The van der Waals surface area contributed by atoms with Gasteiger partial charge in [-0.1, -0.05) is 29.8 Å². The third kappa shape index (κ3) is 3.57. The van der Waals surface area contributed by atoms with Gasteiger partial charge in [-0.05, 0) is 51.1 Å². The van der Waals surface area contributed by atoms with Crippen molar-refractivity contribution in [2.75, 3.05) is 0 Å². The predicted molar refractivity (Wildman–Crippen MR) is 106 cm³/mol. The maximum Gasteiger partial charge on any atom is 0.249 e. The molecule has 1 radical (unpaired) electrons. The first kappa shape index (κ1) is 18.0. The molecular weight excluding hydrogens is 326 g/mol. The highest BCUT2D eigenvalue weighted by Crippen LogP contribution is 2.33. The maximum absolute atomic E-state index is 12.5. The van der Waals surface area contributed by atoms with Gasteiger partial charge in [0, 0.05) is 19.7 Å². The molecule has 5 heteroatoms. The molecule has 5 nitrogen and oxygen atoms in total. The molecule has 0 spiro atoms. The first-order valence-corrected chi connectivity index (χ1v) is 8.75. The summed E-state index contributed by atoms with van der Waals surface area (Å²) in [5.74, 6) is -0.372. The fourth-order valence-corrected chi connectivity index (χ4v) is 3.40. The second kappa shape index (κ2) is 7.20. The number of amides is 2. The molecule has 139 valence electrons. The summed E-state index contributed by atoms with van der Waals surface area (Å²) in [6.07, 6.45) is 3.69. The fourth-order valence-electron chi connectivity index (χ4n) is 3.40. The number of carbonyl (C=O) groups is 2. The molecule has 1 atom stereocenters. The SMILES string of the molecule is CC1=C2[C](C=CN1)NC(=O)C(CC(=O)N[C@H](C)c1cccc(C)c1)=C2C.[HH].[HH]. The lowest BCUT2D eigenvalue weighted by Gasteiger charge is -2.30. The van der Waals surface area contributed by atoms with Crippen molar-refractivity contribution in [2.24, 2.45) is 0 Å². The Kier molecular flexibility index (Phi) is 4.98. The normalized spacial score (nSPS) is 18.2. The van der Waals surface area contributed by atoms with Crippen LogP contribution in [-0.4, -0.2) is 11.8 Å². The van der Waals surface area contributed by atoms with Crippen LogP contribution in [0.2, 0.25) is 0 Å². The first-order valence-electron chi connectivity index (χ1n) is 8.75. The number of aryl methyl sites for hydroxylation is 1. The number of dihydropyridines is 1. The minimum Gasteiger partial charge on any atom is -0.365 e. The quantitative estimate of drug-likeness (QED) is 0.776. The molecule has 2 amide bonds. The second-order valence-electron chi connectivity index (χ2n) is 6.83. The molecule has 0 aliphatic carbocycles. The number of rotatable bonds is 4. The van der Waals surface area contributed by atoms with E-state index >= 15 is 0 Å². The van der Waals surface area contributed by atoms with Crippen LogP contribution in [0, 0.1) is 13.0 Å². The third-order valence-corrected chi connectivity index (χ3v) is 4.80. The lowest BCUT2D eigenvalue weighted by molar-refractivity contribution is -0.123. The van der Waals surface area contributed by atoms with Crippen molar-refractivity contribution >= 4 is 11.8 Å². The van der Waals surface area contributed by atoms with Gasteiger partial charge in [-0.3, -0.25) is 9.59 Å². The van der Waals surface area contributed by atoms with Crippen molar-refractivity contribution in [1.82, 2.24) is 16.0 Å². The minimum atomic E-state index is -0.209. The standard InChI is InChI=1S/C21H24N3O2.2H2/c1-12-6-5-7-16(10-12)14(3)23-19(25)11-17-13(2)20-15(4)22-9-8-18(20)24-21(17)26;;/h5-10,14,22H,11H2,1-4H3,(H,23,25)(H,24,26);2*1H/t14-;;/m1../s1. The predicted octanol–water partition coefficient (Wildman–Crippen LogP) is 3.42. The monoisotopic (exact) mass is 354 g/mol. The Bertz CT molecular complexity index is 859. The van der Waals surface area contributed by atoms with Gasteiger partial charge in [0.25, 0.3) is 0 Å². The van der Waals surface area contributed by atoms with E-state index in [1.807, 2.05) is 52.0 Å². The zero-order valence-corrected chi connectivity index (χ0v) is 15.6. The number of nitrogens with one attached hydrogen (secondary N) is 3.